The molecule has 0 aromatic heterocycles. The van der Waals surface area contributed by atoms with Gasteiger partial charge in [0.1, 0.15) is 25.8 Å². The first-order valence-electron chi connectivity index (χ1n) is 6.12. The number of aliphatic hydroxyl groups is 1. The predicted octanol–water partition coefficient (Wildman–Crippen LogP) is -0.0915. The Hall–Kier alpha value is -0.730. The number of carbonyl (C=O) groups is 1. The Morgan fingerprint density at radius 2 is 1.95 bits per heavy atom. The lowest BCUT2D eigenvalue weighted by atomic mass is 10.1. The SMILES string of the molecule is COCOC[C@H]1C[C@@H](OC(C)=O)[C@H](O)[C@@H]1OCOC. The number of hydrogen-bond acceptors (Lipinski definition) is 7. The fraction of sp³-hybridized carbons (Fsp3) is 0.917. The molecule has 0 amide bonds. The number of methoxy groups -OCH3 is 2. The molecule has 0 bridgehead atoms. The zero-order chi connectivity index (χ0) is 14.3. The second-order valence-electron chi connectivity index (χ2n) is 4.45. The summed E-state index contributed by atoms with van der Waals surface area (Å²) in [4.78, 5) is 11.0. The van der Waals surface area contributed by atoms with Gasteiger partial charge in [-0.15, -0.1) is 0 Å². The molecule has 0 aromatic carbocycles. The van der Waals surface area contributed by atoms with Gasteiger partial charge in [0, 0.05) is 27.1 Å². The Bertz CT molecular complexity index is 271. The maximum Gasteiger partial charge on any atom is 0.302 e. The van der Waals surface area contributed by atoms with Crippen molar-refractivity contribution in [3.8, 4) is 0 Å². The Kier molecular flexibility index (Phi) is 7.25. The Morgan fingerprint density at radius 1 is 1.26 bits per heavy atom. The summed E-state index contributed by atoms with van der Waals surface area (Å²) in [5.74, 6) is -0.502. The van der Waals surface area contributed by atoms with E-state index in [-0.39, 0.29) is 19.5 Å². The van der Waals surface area contributed by atoms with E-state index in [9.17, 15) is 9.90 Å². The van der Waals surface area contributed by atoms with E-state index in [1.54, 1.807) is 0 Å². The van der Waals surface area contributed by atoms with E-state index in [0.29, 0.717) is 13.0 Å². The second kappa shape index (κ2) is 8.44. The first-order valence-corrected chi connectivity index (χ1v) is 6.12. The number of hydrogen-bond donors (Lipinski definition) is 1. The number of aliphatic hydroxyl groups excluding tert-OH is 1. The quantitative estimate of drug-likeness (QED) is 0.377. The van der Waals surface area contributed by atoms with E-state index in [4.69, 9.17) is 23.7 Å². The lowest BCUT2D eigenvalue weighted by Crippen LogP contribution is -2.36. The summed E-state index contributed by atoms with van der Waals surface area (Å²) in [5, 5.41) is 10.1. The fourth-order valence-corrected chi connectivity index (χ4v) is 2.22. The summed E-state index contributed by atoms with van der Waals surface area (Å²) in [6, 6.07) is 0. The van der Waals surface area contributed by atoms with Crippen molar-refractivity contribution in [1.82, 2.24) is 0 Å². The third-order valence-corrected chi connectivity index (χ3v) is 2.95. The van der Waals surface area contributed by atoms with Crippen LogP contribution in [-0.2, 0) is 28.5 Å². The molecule has 112 valence electrons. The number of esters is 1. The third kappa shape index (κ3) is 5.04. The van der Waals surface area contributed by atoms with Crippen molar-refractivity contribution >= 4 is 5.97 Å². The van der Waals surface area contributed by atoms with Gasteiger partial charge in [-0.25, -0.2) is 0 Å². The van der Waals surface area contributed by atoms with Crippen LogP contribution in [0, 0.1) is 5.92 Å². The average Bonchev–Trinajstić information content (AvgIpc) is 2.64. The van der Waals surface area contributed by atoms with Crippen molar-refractivity contribution in [3.63, 3.8) is 0 Å². The highest BCUT2D eigenvalue weighted by atomic mass is 16.7. The number of rotatable bonds is 8. The molecular weight excluding hydrogens is 256 g/mol. The van der Waals surface area contributed by atoms with Gasteiger partial charge >= 0.3 is 5.97 Å². The monoisotopic (exact) mass is 278 g/mol. The van der Waals surface area contributed by atoms with Crippen LogP contribution in [0.15, 0.2) is 0 Å². The highest BCUT2D eigenvalue weighted by Gasteiger charge is 2.45. The lowest BCUT2D eigenvalue weighted by molar-refractivity contribution is -0.159. The van der Waals surface area contributed by atoms with Gasteiger partial charge in [0.15, 0.2) is 0 Å². The molecule has 7 heteroatoms. The van der Waals surface area contributed by atoms with E-state index >= 15 is 0 Å². The molecule has 0 aliphatic heterocycles. The highest BCUT2D eigenvalue weighted by molar-refractivity contribution is 5.66. The molecule has 1 N–H and O–H groups in total. The predicted molar refractivity (Wildman–Crippen MR) is 64.2 cm³/mol. The van der Waals surface area contributed by atoms with E-state index in [1.807, 2.05) is 0 Å². The van der Waals surface area contributed by atoms with Crippen molar-refractivity contribution in [2.75, 3.05) is 34.4 Å². The van der Waals surface area contributed by atoms with Crippen molar-refractivity contribution in [3.05, 3.63) is 0 Å². The Labute approximate surface area is 112 Å². The van der Waals surface area contributed by atoms with Crippen LogP contribution in [0.5, 0.6) is 0 Å². The number of carbonyl (C=O) groups excluding carboxylic acids is 1. The van der Waals surface area contributed by atoms with Crippen molar-refractivity contribution in [2.24, 2.45) is 5.92 Å². The van der Waals surface area contributed by atoms with Gasteiger partial charge in [-0.05, 0) is 6.42 Å². The molecule has 1 saturated carbocycles. The second-order valence-corrected chi connectivity index (χ2v) is 4.45. The number of ether oxygens (including phenoxy) is 5. The first-order chi connectivity index (χ1) is 9.10. The van der Waals surface area contributed by atoms with Gasteiger partial charge in [-0.3, -0.25) is 4.79 Å². The topological polar surface area (TPSA) is 83.5 Å². The van der Waals surface area contributed by atoms with Gasteiger partial charge in [0.05, 0.1) is 12.7 Å². The van der Waals surface area contributed by atoms with Crippen molar-refractivity contribution in [1.29, 1.82) is 0 Å². The lowest BCUT2D eigenvalue weighted by Gasteiger charge is -2.22. The molecule has 1 fully saturated rings. The largest absolute Gasteiger partial charge is 0.460 e. The summed E-state index contributed by atoms with van der Waals surface area (Å²) >= 11 is 0. The molecule has 0 unspecified atom stereocenters. The molecule has 4 atom stereocenters. The van der Waals surface area contributed by atoms with Crippen LogP contribution in [0.1, 0.15) is 13.3 Å². The molecule has 0 aromatic rings. The van der Waals surface area contributed by atoms with Gasteiger partial charge < -0.3 is 28.8 Å². The Morgan fingerprint density at radius 3 is 2.53 bits per heavy atom. The molecule has 1 aliphatic carbocycles. The van der Waals surface area contributed by atoms with Gasteiger partial charge in [0.2, 0.25) is 0 Å². The maximum absolute atomic E-state index is 11.0. The smallest absolute Gasteiger partial charge is 0.302 e. The summed E-state index contributed by atoms with van der Waals surface area (Å²) < 4.78 is 25.4. The van der Waals surface area contributed by atoms with Crippen molar-refractivity contribution < 1.29 is 33.6 Å². The van der Waals surface area contributed by atoms with Crippen LogP contribution in [0.3, 0.4) is 0 Å². The summed E-state index contributed by atoms with van der Waals surface area (Å²) in [5.41, 5.74) is 0. The van der Waals surface area contributed by atoms with E-state index in [0.717, 1.165) is 0 Å². The molecule has 1 aliphatic rings. The molecule has 0 spiro atoms. The molecule has 0 saturated heterocycles. The molecule has 0 radical (unpaired) electrons. The van der Waals surface area contributed by atoms with Crippen LogP contribution in [0.25, 0.3) is 0 Å². The summed E-state index contributed by atoms with van der Waals surface area (Å²) in [6.45, 7) is 1.90. The van der Waals surface area contributed by atoms with Crippen LogP contribution in [-0.4, -0.2) is 63.8 Å². The molecule has 0 heterocycles. The molecule has 7 nitrogen and oxygen atoms in total. The van der Waals surface area contributed by atoms with E-state index in [2.05, 4.69) is 0 Å². The molecule has 1 rings (SSSR count). The average molecular weight is 278 g/mol. The molecule has 19 heavy (non-hydrogen) atoms. The van der Waals surface area contributed by atoms with Crippen molar-refractivity contribution in [2.45, 2.75) is 31.7 Å². The van der Waals surface area contributed by atoms with Gasteiger partial charge in [-0.2, -0.15) is 0 Å². The fourth-order valence-electron chi connectivity index (χ4n) is 2.22. The van der Waals surface area contributed by atoms with E-state index < -0.39 is 24.3 Å². The minimum atomic E-state index is -0.879. The zero-order valence-corrected chi connectivity index (χ0v) is 11.5. The minimum Gasteiger partial charge on any atom is -0.460 e. The van der Waals surface area contributed by atoms with Gasteiger partial charge in [-0.1, -0.05) is 0 Å². The normalized spacial score (nSPS) is 30.5. The van der Waals surface area contributed by atoms with Gasteiger partial charge in [0.25, 0.3) is 0 Å². The Balaban J connectivity index is 2.55. The zero-order valence-electron chi connectivity index (χ0n) is 11.5. The van der Waals surface area contributed by atoms with Crippen LogP contribution < -0.4 is 0 Å². The highest BCUT2D eigenvalue weighted by Crippen LogP contribution is 2.31. The van der Waals surface area contributed by atoms with Crippen LogP contribution in [0.4, 0.5) is 0 Å². The minimum absolute atomic E-state index is 0.0648. The van der Waals surface area contributed by atoms with Crippen LogP contribution in [0.2, 0.25) is 0 Å². The van der Waals surface area contributed by atoms with E-state index in [1.165, 1.54) is 21.1 Å². The summed E-state index contributed by atoms with van der Waals surface area (Å²) in [7, 11) is 3.03. The first kappa shape index (κ1) is 16.3. The molecular formula is C12H22O7. The summed E-state index contributed by atoms with van der Waals surface area (Å²) in [6.07, 6.45) is -1.45. The maximum atomic E-state index is 11.0. The standard InChI is InChI=1S/C12H22O7/c1-8(13)19-10-4-9(5-17-6-15-2)12(11(10)14)18-7-16-3/h9-12,14H,4-7H2,1-3H3/t9-,10-,11+,12-/m1/s1. The third-order valence-electron chi connectivity index (χ3n) is 2.95. The van der Waals surface area contributed by atoms with Crippen LogP contribution >= 0.6 is 0 Å².